The van der Waals surface area contributed by atoms with Gasteiger partial charge in [-0.15, -0.1) is 0 Å². The largest absolute Gasteiger partial charge is 0.497 e. The summed E-state index contributed by atoms with van der Waals surface area (Å²) in [5.41, 5.74) is 4.15. The molecule has 0 aromatic heterocycles. The zero-order chi connectivity index (χ0) is 21.1. The van der Waals surface area contributed by atoms with Crippen molar-refractivity contribution in [2.75, 3.05) is 20.3 Å². The van der Waals surface area contributed by atoms with Crippen molar-refractivity contribution in [3.63, 3.8) is 0 Å². The summed E-state index contributed by atoms with van der Waals surface area (Å²) in [6.45, 7) is 1.30. The van der Waals surface area contributed by atoms with E-state index in [2.05, 4.69) is 11.4 Å². The molecule has 1 aliphatic heterocycles. The lowest BCUT2D eigenvalue weighted by Crippen LogP contribution is -2.27. The number of carboxylic acids is 1. The van der Waals surface area contributed by atoms with Crippen LogP contribution >= 0.6 is 11.6 Å². The predicted molar refractivity (Wildman–Crippen MR) is 117 cm³/mol. The van der Waals surface area contributed by atoms with Gasteiger partial charge < -0.3 is 19.9 Å². The molecule has 1 atom stereocenters. The molecule has 0 bridgehead atoms. The first-order chi connectivity index (χ1) is 14.6. The van der Waals surface area contributed by atoms with Crippen LogP contribution in [0.2, 0.25) is 5.02 Å². The summed E-state index contributed by atoms with van der Waals surface area (Å²) in [6, 6.07) is 11.7. The number of fused-ring (bicyclic) bond motifs is 1. The Bertz CT molecular complexity index is 1030. The minimum Gasteiger partial charge on any atom is -0.497 e. The summed E-state index contributed by atoms with van der Waals surface area (Å²) >= 11 is 6.41. The normalized spacial score (nSPS) is 17.9. The monoisotopic (exact) mass is 425 g/mol. The third-order valence-electron chi connectivity index (χ3n) is 5.62. The highest BCUT2D eigenvalue weighted by molar-refractivity contribution is 6.33. The van der Waals surface area contributed by atoms with Gasteiger partial charge in [0.05, 0.1) is 19.3 Å². The van der Waals surface area contributed by atoms with Gasteiger partial charge in [0.25, 0.3) is 0 Å². The molecule has 2 N–H and O–H groups in total. The fraction of sp³-hybridized carbons (Fsp3) is 0.292. The van der Waals surface area contributed by atoms with Crippen molar-refractivity contribution in [1.82, 2.24) is 5.32 Å². The van der Waals surface area contributed by atoms with Gasteiger partial charge in [0.1, 0.15) is 11.5 Å². The quantitative estimate of drug-likeness (QED) is 0.669. The highest BCUT2D eigenvalue weighted by Crippen LogP contribution is 2.39. The molecule has 4 rings (SSSR count). The third kappa shape index (κ3) is 4.17. The highest BCUT2D eigenvalue weighted by Gasteiger charge is 2.23. The Kier molecular flexibility index (Phi) is 6.00. The van der Waals surface area contributed by atoms with Gasteiger partial charge in [0.2, 0.25) is 0 Å². The first kappa shape index (κ1) is 20.4. The topological polar surface area (TPSA) is 67.8 Å². The lowest BCUT2D eigenvalue weighted by molar-refractivity contribution is -0.132. The SMILES string of the molecule is COc1ccc(Cl)c(-c2ccc3c(c2)OCC[C@H]3CNC2=C(C(=O)O)C=CCC2)c1. The molecule has 0 radical (unpaired) electrons. The van der Waals surface area contributed by atoms with Crippen LogP contribution in [0.15, 0.2) is 59.8 Å². The average molecular weight is 426 g/mol. The first-order valence-corrected chi connectivity index (χ1v) is 10.4. The molecule has 1 aliphatic carbocycles. The van der Waals surface area contributed by atoms with Crippen molar-refractivity contribution in [2.45, 2.75) is 25.2 Å². The molecule has 0 saturated heterocycles. The zero-order valence-electron chi connectivity index (χ0n) is 16.8. The summed E-state index contributed by atoms with van der Waals surface area (Å²) in [4.78, 5) is 11.5. The van der Waals surface area contributed by atoms with E-state index in [9.17, 15) is 9.90 Å². The Hall–Kier alpha value is -2.92. The summed E-state index contributed by atoms with van der Waals surface area (Å²) in [5, 5.41) is 13.5. The van der Waals surface area contributed by atoms with Gasteiger partial charge >= 0.3 is 5.97 Å². The van der Waals surface area contributed by atoms with Crippen molar-refractivity contribution in [1.29, 1.82) is 0 Å². The van der Waals surface area contributed by atoms with E-state index >= 15 is 0 Å². The second-order valence-corrected chi connectivity index (χ2v) is 7.86. The van der Waals surface area contributed by atoms with E-state index in [4.69, 9.17) is 21.1 Å². The van der Waals surface area contributed by atoms with Crippen molar-refractivity contribution in [3.8, 4) is 22.6 Å². The molecule has 0 amide bonds. The minimum atomic E-state index is -0.888. The summed E-state index contributed by atoms with van der Waals surface area (Å²) in [5.74, 6) is 0.956. The zero-order valence-corrected chi connectivity index (χ0v) is 17.5. The molecule has 1 heterocycles. The molecule has 156 valence electrons. The Balaban J connectivity index is 1.57. The lowest BCUT2D eigenvalue weighted by atomic mass is 9.90. The molecule has 6 heteroatoms. The third-order valence-corrected chi connectivity index (χ3v) is 5.95. The van der Waals surface area contributed by atoms with Crippen LogP contribution in [-0.4, -0.2) is 31.3 Å². The van der Waals surface area contributed by atoms with Crippen LogP contribution < -0.4 is 14.8 Å². The molecule has 30 heavy (non-hydrogen) atoms. The average Bonchev–Trinajstić information content (AvgIpc) is 2.77. The maximum Gasteiger partial charge on any atom is 0.337 e. The Morgan fingerprint density at radius 3 is 2.97 bits per heavy atom. The second-order valence-electron chi connectivity index (χ2n) is 7.45. The Morgan fingerprint density at radius 2 is 2.17 bits per heavy atom. The summed E-state index contributed by atoms with van der Waals surface area (Å²) in [7, 11) is 1.63. The van der Waals surface area contributed by atoms with Crippen molar-refractivity contribution >= 4 is 17.6 Å². The highest BCUT2D eigenvalue weighted by atomic mass is 35.5. The molecule has 0 spiro atoms. The van der Waals surface area contributed by atoms with E-state index in [-0.39, 0.29) is 5.92 Å². The van der Waals surface area contributed by atoms with Gasteiger partial charge in [-0.1, -0.05) is 29.8 Å². The lowest BCUT2D eigenvalue weighted by Gasteiger charge is -2.28. The molecular formula is C24H24ClNO4. The summed E-state index contributed by atoms with van der Waals surface area (Å²) in [6.07, 6.45) is 6.06. The first-order valence-electron chi connectivity index (χ1n) is 10.0. The van der Waals surface area contributed by atoms with E-state index in [1.807, 2.05) is 36.4 Å². The number of allylic oxidation sites excluding steroid dienone is 2. The molecule has 0 unspecified atom stereocenters. The molecule has 2 aromatic carbocycles. The number of hydrogen-bond acceptors (Lipinski definition) is 4. The van der Waals surface area contributed by atoms with Crippen LogP contribution in [-0.2, 0) is 4.79 Å². The van der Waals surface area contributed by atoms with Gasteiger partial charge in [-0.25, -0.2) is 4.79 Å². The van der Waals surface area contributed by atoms with Gasteiger partial charge in [-0.2, -0.15) is 0 Å². The van der Waals surface area contributed by atoms with E-state index in [0.717, 1.165) is 53.1 Å². The van der Waals surface area contributed by atoms with Crippen LogP contribution in [0.5, 0.6) is 11.5 Å². The number of aliphatic carboxylic acids is 1. The molecule has 5 nitrogen and oxygen atoms in total. The van der Waals surface area contributed by atoms with Gasteiger partial charge in [-0.05, 0) is 60.7 Å². The fourth-order valence-corrected chi connectivity index (χ4v) is 4.22. The van der Waals surface area contributed by atoms with Crippen LogP contribution in [0.25, 0.3) is 11.1 Å². The Labute approximate surface area is 181 Å². The maximum absolute atomic E-state index is 11.5. The van der Waals surface area contributed by atoms with Gasteiger partial charge in [0.15, 0.2) is 0 Å². The van der Waals surface area contributed by atoms with Crippen molar-refractivity contribution in [2.24, 2.45) is 0 Å². The number of methoxy groups -OCH3 is 1. The number of carbonyl (C=O) groups is 1. The van der Waals surface area contributed by atoms with E-state index in [1.54, 1.807) is 13.2 Å². The minimum absolute atomic E-state index is 0.247. The van der Waals surface area contributed by atoms with E-state index < -0.39 is 5.97 Å². The second kappa shape index (κ2) is 8.84. The van der Waals surface area contributed by atoms with Gasteiger partial charge in [-0.3, -0.25) is 0 Å². The standard InChI is InChI=1S/C24H24ClNO4/c1-29-17-7-9-21(25)20(13-17)15-6-8-18-16(10-11-30-23(18)12-15)14-26-22-5-3-2-4-19(22)24(27)28/h2,4,6-9,12-13,16,26H,3,5,10-11,14H2,1H3,(H,27,28)/t16-/m0/s1. The van der Waals surface area contributed by atoms with Crippen molar-refractivity contribution in [3.05, 3.63) is 70.4 Å². The van der Waals surface area contributed by atoms with Crippen LogP contribution in [0.4, 0.5) is 0 Å². The summed E-state index contributed by atoms with van der Waals surface area (Å²) < 4.78 is 11.3. The molecule has 2 aromatic rings. The number of rotatable bonds is 6. The number of halogens is 1. The van der Waals surface area contributed by atoms with Crippen LogP contribution in [0.1, 0.15) is 30.7 Å². The number of carboxylic acid groups (broad SMARTS) is 1. The molecule has 0 saturated carbocycles. The van der Waals surface area contributed by atoms with Gasteiger partial charge in [0, 0.05) is 28.7 Å². The molecular weight excluding hydrogens is 402 g/mol. The van der Waals surface area contributed by atoms with E-state index in [0.29, 0.717) is 23.7 Å². The number of hydrogen-bond donors (Lipinski definition) is 2. The fourth-order valence-electron chi connectivity index (χ4n) is 3.99. The molecule has 0 fully saturated rings. The Morgan fingerprint density at radius 1 is 1.30 bits per heavy atom. The van der Waals surface area contributed by atoms with Crippen LogP contribution in [0, 0.1) is 0 Å². The smallest absolute Gasteiger partial charge is 0.337 e. The van der Waals surface area contributed by atoms with E-state index in [1.165, 1.54) is 0 Å². The van der Waals surface area contributed by atoms with Crippen LogP contribution in [0.3, 0.4) is 0 Å². The number of ether oxygens (including phenoxy) is 2. The molecule has 2 aliphatic rings. The number of benzene rings is 2. The maximum atomic E-state index is 11.5. The number of nitrogens with one attached hydrogen (secondary N) is 1. The predicted octanol–water partition coefficient (Wildman–Crippen LogP) is 5.16. The van der Waals surface area contributed by atoms with Crippen molar-refractivity contribution < 1.29 is 19.4 Å².